The second-order valence-electron chi connectivity index (χ2n) is 7.08. The predicted octanol–water partition coefficient (Wildman–Crippen LogP) is 1.27. The summed E-state index contributed by atoms with van der Waals surface area (Å²) in [4.78, 5) is 49.8. The van der Waals surface area contributed by atoms with Gasteiger partial charge < -0.3 is 15.5 Å². The first-order valence-corrected chi connectivity index (χ1v) is 8.87. The van der Waals surface area contributed by atoms with E-state index in [0.717, 1.165) is 11.3 Å². The lowest BCUT2D eigenvalue weighted by atomic mass is 9.92. The fraction of sp³-hybridized carbons (Fsp3) is 0.474. The third-order valence-corrected chi connectivity index (χ3v) is 4.70. The molecule has 7 heteroatoms. The lowest BCUT2D eigenvalue weighted by Crippen LogP contribution is -2.44. The first-order valence-electron chi connectivity index (χ1n) is 8.87. The van der Waals surface area contributed by atoms with E-state index in [2.05, 4.69) is 10.6 Å². The maximum atomic E-state index is 12.7. The van der Waals surface area contributed by atoms with Crippen LogP contribution in [0.15, 0.2) is 18.2 Å². The topological polar surface area (TPSA) is 95.6 Å². The van der Waals surface area contributed by atoms with E-state index in [1.807, 2.05) is 19.9 Å². The standard InChI is InChI=1S/C19H23N3O4/c1-11(2)21-18(25)9-20-15-5-3-4-13-14(15)10-22(19(13)26)16-7-6-12(23)8-17(16)24/h3-5,11,16,20H,6-10H2,1-2H3,(H,21,25). The maximum absolute atomic E-state index is 12.7. The van der Waals surface area contributed by atoms with Crippen molar-refractivity contribution in [2.24, 2.45) is 0 Å². The van der Waals surface area contributed by atoms with Crippen molar-refractivity contribution in [2.75, 3.05) is 11.9 Å². The van der Waals surface area contributed by atoms with Gasteiger partial charge in [-0.2, -0.15) is 0 Å². The molecule has 1 aromatic carbocycles. The van der Waals surface area contributed by atoms with Crippen molar-refractivity contribution in [3.8, 4) is 0 Å². The van der Waals surface area contributed by atoms with Gasteiger partial charge in [0.1, 0.15) is 5.78 Å². The Kier molecular flexibility index (Phi) is 5.06. The number of rotatable bonds is 5. The predicted molar refractivity (Wildman–Crippen MR) is 95.7 cm³/mol. The summed E-state index contributed by atoms with van der Waals surface area (Å²) in [5, 5.41) is 5.89. The van der Waals surface area contributed by atoms with Crippen LogP contribution in [0.25, 0.3) is 0 Å². The van der Waals surface area contributed by atoms with Crippen molar-refractivity contribution < 1.29 is 19.2 Å². The second-order valence-corrected chi connectivity index (χ2v) is 7.08. The van der Waals surface area contributed by atoms with Crippen LogP contribution in [-0.4, -0.2) is 46.9 Å². The molecule has 0 spiro atoms. The van der Waals surface area contributed by atoms with Crippen molar-refractivity contribution in [3.63, 3.8) is 0 Å². The summed E-state index contributed by atoms with van der Waals surface area (Å²) in [5.41, 5.74) is 2.06. The molecule has 1 heterocycles. The third kappa shape index (κ3) is 3.61. The minimum Gasteiger partial charge on any atom is -0.376 e. The van der Waals surface area contributed by atoms with Gasteiger partial charge >= 0.3 is 0 Å². The summed E-state index contributed by atoms with van der Waals surface area (Å²) >= 11 is 0. The van der Waals surface area contributed by atoms with E-state index in [1.54, 1.807) is 17.0 Å². The van der Waals surface area contributed by atoms with Crippen LogP contribution in [0.1, 0.15) is 49.0 Å². The second kappa shape index (κ2) is 7.27. The Morgan fingerprint density at radius 2 is 2.04 bits per heavy atom. The van der Waals surface area contributed by atoms with E-state index in [1.165, 1.54) is 0 Å². The van der Waals surface area contributed by atoms with Crippen LogP contribution in [0, 0.1) is 0 Å². The zero-order valence-electron chi connectivity index (χ0n) is 15.0. The number of ketones is 2. The van der Waals surface area contributed by atoms with E-state index < -0.39 is 6.04 Å². The normalized spacial score (nSPS) is 19.7. The molecule has 1 aromatic rings. The summed E-state index contributed by atoms with van der Waals surface area (Å²) in [5.74, 6) is -0.565. The van der Waals surface area contributed by atoms with E-state index in [0.29, 0.717) is 24.9 Å². The van der Waals surface area contributed by atoms with Crippen LogP contribution in [-0.2, 0) is 20.9 Å². The maximum Gasteiger partial charge on any atom is 0.255 e. The van der Waals surface area contributed by atoms with Gasteiger partial charge in [-0.25, -0.2) is 0 Å². The number of fused-ring (bicyclic) bond motifs is 1. The van der Waals surface area contributed by atoms with E-state index in [9.17, 15) is 19.2 Å². The molecule has 2 aliphatic rings. The SMILES string of the molecule is CC(C)NC(=O)CNc1cccc2c1CN(C1CCC(=O)CC1=O)C2=O. The molecular formula is C19H23N3O4. The van der Waals surface area contributed by atoms with Crippen LogP contribution in [0.3, 0.4) is 0 Å². The number of benzene rings is 1. The van der Waals surface area contributed by atoms with E-state index >= 15 is 0 Å². The molecule has 1 unspecified atom stereocenters. The fourth-order valence-corrected chi connectivity index (χ4v) is 3.51. The zero-order chi connectivity index (χ0) is 18.8. The molecule has 0 aromatic heterocycles. The number of nitrogens with zero attached hydrogens (tertiary/aromatic N) is 1. The largest absolute Gasteiger partial charge is 0.376 e. The Morgan fingerprint density at radius 1 is 1.27 bits per heavy atom. The van der Waals surface area contributed by atoms with Crippen molar-refractivity contribution >= 4 is 29.1 Å². The number of nitrogens with one attached hydrogen (secondary N) is 2. The summed E-state index contributed by atoms with van der Waals surface area (Å²) < 4.78 is 0. The van der Waals surface area contributed by atoms with Gasteiger partial charge in [-0.3, -0.25) is 19.2 Å². The Morgan fingerprint density at radius 3 is 2.73 bits per heavy atom. The number of anilines is 1. The van der Waals surface area contributed by atoms with Crippen molar-refractivity contribution in [2.45, 2.75) is 51.7 Å². The van der Waals surface area contributed by atoms with Crippen molar-refractivity contribution in [1.29, 1.82) is 0 Å². The first kappa shape index (κ1) is 18.1. The van der Waals surface area contributed by atoms with Gasteiger partial charge in [-0.05, 0) is 32.4 Å². The Bertz CT molecular complexity index is 772. The highest BCUT2D eigenvalue weighted by molar-refractivity contribution is 6.08. The van der Waals surface area contributed by atoms with Gasteiger partial charge in [-0.15, -0.1) is 0 Å². The zero-order valence-corrected chi connectivity index (χ0v) is 15.0. The fourth-order valence-electron chi connectivity index (χ4n) is 3.51. The smallest absolute Gasteiger partial charge is 0.255 e. The number of Topliss-reactive ketones (excluding diaryl/α,β-unsaturated/α-hetero) is 2. The molecular weight excluding hydrogens is 334 g/mol. The molecule has 1 atom stereocenters. The monoisotopic (exact) mass is 357 g/mol. The van der Waals surface area contributed by atoms with Gasteiger partial charge in [-0.1, -0.05) is 6.07 Å². The Balaban J connectivity index is 1.74. The van der Waals surface area contributed by atoms with Gasteiger partial charge in [0, 0.05) is 35.8 Å². The summed E-state index contributed by atoms with van der Waals surface area (Å²) in [6.45, 7) is 4.20. The van der Waals surface area contributed by atoms with Crippen LogP contribution in [0.5, 0.6) is 0 Å². The summed E-state index contributed by atoms with van der Waals surface area (Å²) in [6.07, 6.45) is 0.624. The molecule has 0 saturated heterocycles. The molecule has 7 nitrogen and oxygen atoms in total. The Labute approximate surface area is 152 Å². The molecule has 2 N–H and O–H groups in total. The highest BCUT2D eigenvalue weighted by Gasteiger charge is 2.39. The minimum absolute atomic E-state index is 0.0582. The third-order valence-electron chi connectivity index (χ3n) is 4.70. The van der Waals surface area contributed by atoms with Gasteiger partial charge in [0.25, 0.3) is 5.91 Å². The van der Waals surface area contributed by atoms with E-state index in [-0.39, 0.29) is 42.4 Å². The van der Waals surface area contributed by atoms with Crippen LogP contribution >= 0.6 is 0 Å². The van der Waals surface area contributed by atoms with Gasteiger partial charge in [0.2, 0.25) is 5.91 Å². The highest BCUT2D eigenvalue weighted by Crippen LogP contribution is 2.33. The van der Waals surface area contributed by atoms with Gasteiger partial charge in [0.05, 0.1) is 19.0 Å². The number of carbonyl (C=O) groups is 4. The molecule has 1 fully saturated rings. The number of hydrogen-bond acceptors (Lipinski definition) is 5. The molecule has 0 radical (unpaired) electrons. The first-order chi connectivity index (χ1) is 12.4. The molecule has 1 aliphatic heterocycles. The molecule has 1 aliphatic carbocycles. The van der Waals surface area contributed by atoms with Crippen molar-refractivity contribution in [3.05, 3.63) is 29.3 Å². The molecule has 1 saturated carbocycles. The minimum atomic E-state index is -0.537. The quantitative estimate of drug-likeness (QED) is 0.774. The molecule has 26 heavy (non-hydrogen) atoms. The molecule has 3 rings (SSSR count). The summed E-state index contributed by atoms with van der Waals surface area (Å²) in [7, 11) is 0. The summed E-state index contributed by atoms with van der Waals surface area (Å²) in [6, 6.07) is 4.84. The van der Waals surface area contributed by atoms with Crippen LogP contribution < -0.4 is 10.6 Å². The molecule has 0 bridgehead atoms. The Hall–Kier alpha value is -2.70. The van der Waals surface area contributed by atoms with Crippen molar-refractivity contribution in [1.82, 2.24) is 10.2 Å². The van der Waals surface area contributed by atoms with E-state index in [4.69, 9.17) is 0 Å². The van der Waals surface area contributed by atoms with Crippen LogP contribution in [0.4, 0.5) is 5.69 Å². The van der Waals surface area contributed by atoms with Crippen LogP contribution in [0.2, 0.25) is 0 Å². The molecule has 2 amide bonds. The lowest BCUT2D eigenvalue weighted by molar-refractivity contribution is -0.133. The lowest BCUT2D eigenvalue weighted by Gasteiger charge is -2.29. The van der Waals surface area contributed by atoms with Gasteiger partial charge in [0.15, 0.2) is 5.78 Å². The number of amides is 2. The highest BCUT2D eigenvalue weighted by atomic mass is 16.2. The number of carbonyl (C=O) groups excluding carboxylic acids is 4. The number of hydrogen-bond donors (Lipinski definition) is 2. The average Bonchev–Trinajstić information content (AvgIpc) is 2.90. The molecule has 138 valence electrons. The average molecular weight is 357 g/mol.